The maximum Gasteiger partial charge on any atom is 0.0616 e. The average molecular weight is 282 g/mol. The van der Waals surface area contributed by atoms with E-state index < -0.39 is 0 Å². The zero-order valence-corrected chi connectivity index (χ0v) is 13.5. The maximum absolute atomic E-state index is 9.84. The highest BCUT2D eigenvalue weighted by atomic mass is 16.3. The number of aliphatic hydroxyl groups excluding tert-OH is 1. The lowest BCUT2D eigenvalue weighted by Gasteiger charge is -2.36. The van der Waals surface area contributed by atoms with Crippen molar-refractivity contribution in [2.45, 2.75) is 63.8 Å². The van der Waals surface area contributed by atoms with E-state index in [2.05, 4.69) is 24.2 Å². The SMILES string of the molecule is CCNC1(CO)CCCC1CCN(C)CC1CCCC1. The minimum atomic E-state index is 0.0168. The molecule has 3 heteroatoms. The lowest BCUT2D eigenvalue weighted by Crippen LogP contribution is -2.51. The summed E-state index contributed by atoms with van der Waals surface area (Å²) >= 11 is 0. The Labute approximate surface area is 125 Å². The largest absolute Gasteiger partial charge is 0.394 e. The average Bonchev–Trinajstić information content (AvgIpc) is 3.07. The fourth-order valence-corrected chi connectivity index (χ4v) is 4.52. The molecule has 2 aliphatic carbocycles. The molecule has 2 atom stereocenters. The minimum Gasteiger partial charge on any atom is -0.394 e. The van der Waals surface area contributed by atoms with Crippen molar-refractivity contribution < 1.29 is 5.11 Å². The predicted octanol–water partition coefficient (Wildman–Crippen LogP) is 2.64. The molecule has 0 aromatic heterocycles. The third-order valence-corrected chi connectivity index (χ3v) is 5.67. The van der Waals surface area contributed by atoms with Gasteiger partial charge < -0.3 is 15.3 Å². The quantitative estimate of drug-likeness (QED) is 0.718. The van der Waals surface area contributed by atoms with E-state index in [1.54, 1.807) is 0 Å². The van der Waals surface area contributed by atoms with Crippen LogP contribution in [0, 0.1) is 11.8 Å². The highest BCUT2D eigenvalue weighted by Crippen LogP contribution is 2.37. The Morgan fingerprint density at radius 3 is 2.60 bits per heavy atom. The van der Waals surface area contributed by atoms with Gasteiger partial charge in [-0.2, -0.15) is 0 Å². The molecule has 118 valence electrons. The summed E-state index contributed by atoms with van der Waals surface area (Å²) in [6.07, 6.45) is 10.7. The Hall–Kier alpha value is -0.120. The van der Waals surface area contributed by atoms with Gasteiger partial charge in [0.1, 0.15) is 0 Å². The Morgan fingerprint density at radius 1 is 1.20 bits per heavy atom. The van der Waals surface area contributed by atoms with E-state index in [9.17, 15) is 5.11 Å². The first kappa shape index (κ1) is 16.3. The third-order valence-electron chi connectivity index (χ3n) is 5.67. The molecule has 2 fully saturated rings. The molecule has 0 amide bonds. The number of likely N-dealkylation sites (N-methyl/N-ethyl adjacent to an activating group) is 1. The summed E-state index contributed by atoms with van der Waals surface area (Å²) in [5.41, 5.74) is 0.0168. The van der Waals surface area contributed by atoms with E-state index in [0.29, 0.717) is 12.5 Å². The monoisotopic (exact) mass is 282 g/mol. The van der Waals surface area contributed by atoms with Crippen LogP contribution in [0.3, 0.4) is 0 Å². The Bertz CT molecular complexity index is 278. The van der Waals surface area contributed by atoms with Crippen LogP contribution in [0.25, 0.3) is 0 Å². The van der Waals surface area contributed by atoms with Gasteiger partial charge in [0, 0.05) is 12.1 Å². The molecule has 3 nitrogen and oxygen atoms in total. The standard InChI is InChI=1S/C17H34N2O/c1-3-18-17(14-20)11-6-9-16(17)10-12-19(2)13-15-7-4-5-8-15/h15-16,18,20H,3-14H2,1-2H3. The molecule has 2 saturated carbocycles. The lowest BCUT2D eigenvalue weighted by atomic mass is 9.85. The fraction of sp³-hybridized carbons (Fsp3) is 1.00. The van der Waals surface area contributed by atoms with Gasteiger partial charge in [-0.05, 0) is 64.1 Å². The molecular formula is C17H34N2O. The molecule has 2 unspecified atom stereocenters. The van der Waals surface area contributed by atoms with Gasteiger partial charge in [0.25, 0.3) is 0 Å². The van der Waals surface area contributed by atoms with Crippen molar-refractivity contribution >= 4 is 0 Å². The molecule has 0 saturated heterocycles. The van der Waals surface area contributed by atoms with E-state index in [4.69, 9.17) is 0 Å². The van der Waals surface area contributed by atoms with Crippen LogP contribution in [-0.2, 0) is 0 Å². The molecule has 0 aromatic rings. The summed E-state index contributed by atoms with van der Waals surface area (Å²) in [7, 11) is 2.28. The van der Waals surface area contributed by atoms with Crippen molar-refractivity contribution in [1.82, 2.24) is 10.2 Å². The van der Waals surface area contributed by atoms with Gasteiger partial charge in [0.2, 0.25) is 0 Å². The van der Waals surface area contributed by atoms with E-state index in [1.165, 1.54) is 58.0 Å². The fourth-order valence-electron chi connectivity index (χ4n) is 4.52. The molecule has 2 N–H and O–H groups in total. The first-order valence-corrected chi connectivity index (χ1v) is 8.74. The van der Waals surface area contributed by atoms with Gasteiger partial charge in [0.15, 0.2) is 0 Å². The first-order chi connectivity index (χ1) is 9.70. The molecular weight excluding hydrogens is 248 g/mol. The van der Waals surface area contributed by atoms with Crippen molar-refractivity contribution in [2.75, 3.05) is 33.3 Å². The minimum absolute atomic E-state index is 0.0168. The van der Waals surface area contributed by atoms with Crippen LogP contribution in [0.2, 0.25) is 0 Å². The summed E-state index contributed by atoms with van der Waals surface area (Å²) in [6.45, 7) is 5.89. The Morgan fingerprint density at radius 2 is 1.95 bits per heavy atom. The number of aliphatic hydroxyl groups is 1. The van der Waals surface area contributed by atoms with E-state index in [-0.39, 0.29) is 5.54 Å². The van der Waals surface area contributed by atoms with Crippen molar-refractivity contribution in [3.63, 3.8) is 0 Å². The number of hydrogen-bond donors (Lipinski definition) is 2. The lowest BCUT2D eigenvalue weighted by molar-refractivity contribution is 0.113. The molecule has 20 heavy (non-hydrogen) atoms. The normalized spacial score (nSPS) is 31.5. The van der Waals surface area contributed by atoms with Gasteiger partial charge >= 0.3 is 0 Å². The van der Waals surface area contributed by atoms with Crippen molar-refractivity contribution in [2.24, 2.45) is 11.8 Å². The Balaban J connectivity index is 1.76. The molecule has 0 aliphatic heterocycles. The molecule has 0 aromatic carbocycles. The Kier molecular flexibility index (Phi) is 6.31. The van der Waals surface area contributed by atoms with Crippen molar-refractivity contribution in [1.29, 1.82) is 0 Å². The topological polar surface area (TPSA) is 35.5 Å². The van der Waals surface area contributed by atoms with Gasteiger partial charge in [0.05, 0.1) is 6.61 Å². The highest BCUT2D eigenvalue weighted by molar-refractivity contribution is 4.98. The number of nitrogens with one attached hydrogen (secondary N) is 1. The molecule has 2 rings (SSSR count). The van der Waals surface area contributed by atoms with Crippen LogP contribution in [0.15, 0.2) is 0 Å². The van der Waals surface area contributed by atoms with E-state index in [1.807, 2.05) is 0 Å². The summed E-state index contributed by atoms with van der Waals surface area (Å²) in [5, 5.41) is 13.4. The van der Waals surface area contributed by atoms with E-state index in [0.717, 1.165) is 18.9 Å². The smallest absolute Gasteiger partial charge is 0.0616 e. The van der Waals surface area contributed by atoms with Gasteiger partial charge in [-0.1, -0.05) is 26.2 Å². The molecule has 0 radical (unpaired) electrons. The van der Waals surface area contributed by atoms with Crippen molar-refractivity contribution in [3.05, 3.63) is 0 Å². The zero-order valence-electron chi connectivity index (χ0n) is 13.5. The van der Waals surface area contributed by atoms with Crippen LogP contribution < -0.4 is 5.32 Å². The number of hydrogen-bond acceptors (Lipinski definition) is 3. The van der Waals surface area contributed by atoms with Crippen LogP contribution in [0.1, 0.15) is 58.3 Å². The maximum atomic E-state index is 9.84. The molecule has 0 spiro atoms. The summed E-state index contributed by atoms with van der Waals surface area (Å²) in [6, 6.07) is 0. The molecule has 0 bridgehead atoms. The second-order valence-corrected chi connectivity index (χ2v) is 7.14. The van der Waals surface area contributed by atoms with Crippen LogP contribution in [-0.4, -0.2) is 48.8 Å². The van der Waals surface area contributed by atoms with Crippen LogP contribution >= 0.6 is 0 Å². The number of nitrogens with zero attached hydrogens (tertiary/aromatic N) is 1. The highest BCUT2D eigenvalue weighted by Gasteiger charge is 2.41. The third kappa shape index (κ3) is 3.96. The first-order valence-electron chi connectivity index (χ1n) is 8.74. The summed E-state index contributed by atoms with van der Waals surface area (Å²) < 4.78 is 0. The van der Waals surface area contributed by atoms with Crippen molar-refractivity contribution in [3.8, 4) is 0 Å². The van der Waals surface area contributed by atoms with Gasteiger partial charge in [-0.15, -0.1) is 0 Å². The number of rotatable bonds is 8. The second-order valence-electron chi connectivity index (χ2n) is 7.14. The summed E-state index contributed by atoms with van der Waals surface area (Å²) in [4.78, 5) is 2.53. The van der Waals surface area contributed by atoms with E-state index >= 15 is 0 Å². The van der Waals surface area contributed by atoms with Crippen LogP contribution in [0.5, 0.6) is 0 Å². The second kappa shape index (κ2) is 7.77. The van der Waals surface area contributed by atoms with Crippen LogP contribution in [0.4, 0.5) is 0 Å². The van der Waals surface area contributed by atoms with Gasteiger partial charge in [-0.25, -0.2) is 0 Å². The molecule has 2 aliphatic rings. The van der Waals surface area contributed by atoms with Gasteiger partial charge in [-0.3, -0.25) is 0 Å². The zero-order chi connectivity index (χ0) is 14.4. The predicted molar refractivity (Wildman–Crippen MR) is 84.9 cm³/mol. The molecule has 0 heterocycles. The summed E-state index contributed by atoms with van der Waals surface area (Å²) in [5.74, 6) is 1.60.